The van der Waals surface area contributed by atoms with Crippen LogP contribution in [0.4, 0.5) is 8.78 Å². The second-order valence-corrected chi connectivity index (χ2v) is 5.35. The molecule has 4 nitrogen and oxygen atoms in total. The van der Waals surface area contributed by atoms with E-state index in [1.54, 1.807) is 10.9 Å². The van der Waals surface area contributed by atoms with Crippen molar-refractivity contribution in [2.45, 2.75) is 32.7 Å². The van der Waals surface area contributed by atoms with E-state index < -0.39 is 11.6 Å². The quantitative estimate of drug-likeness (QED) is 0.923. The van der Waals surface area contributed by atoms with Gasteiger partial charge in [-0.15, -0.1) is 0 Å². The van der Waals surface area contributed by atoms with Gasteiger partial charge in [-0.3, -0.25) is 9.48 Å². The lowest BCUT2D eigenvalue weighted by molar-refractivity contribution is -0.121. The van der Waals surface area contributed by atoms with Crippen LogP contribution in [0, 0.1) is 18.6 Å². The minimum Gasteiger partial charge on any atom is -0.349 e. The maximum atomic E-state index is 13.1. The molecule has 0 aliphatic rings. The van der Waals surface area contributed by atoms with Gasteiger partial charge in [-0.2, -0.15) is 5.10 Å². The number of hydrogen-bond donors (Lipinski definition) is 1. The molecule has 1 N–H and O–H groups in total. The van der Waals surface area contributed by atoms with E-state index in [2.05, 4.69) is 10.4 Å². The SMILES string of the molecule is Cc1c([C@H](C)NC(=O)CCc2ccc(F)c(F)c2)cnn1C. The van der Waals surface area contributed by atoms with E-state index >= 15 is 0 Å². The Morgan fingerprint density at radius 2 is 2.09 bits per heavy atom. The number of hydrogen-bond acceptors (Lipinski definition) is 2. The summed E-state index contributed by atoms with van der Waals surface area (Å²) in [5.74, 6) is -1.91. The van der Waals surface area contributed by atoms with Crippen LogP contribution in [0.3, 0.4) is 0 Å². The molecule has 6 heteroatoms. The van der Waals surface area contributed by atoms with E-state index in [1.807, 2.05) is 20.9 Å². The molecule has 0 unspecified atom stereocenters. The lowest BCUT2D eigenvalue weighted by Crippen LogP contribution is -2.27. The number of rotatable bonds is 5. The van der Waals surface area contributed by atoms with Gasteiger partial charge in [0.05, 0.1) is 12.2 Å². The molecule has 0 aliphatic carbocycles. The first-order valence-electron chi connectivity index (χ1n) is 7.10. The summed E-state index contributed by atoms with van der Waals surface area (Å²) in [5, 5.41) is 7.03. The topological polar surface area (TPSA) is 46.9 Å². The third-order valence-electron chi connectivity index (χ3n) is 3.74. The predicted molar refractivity (Wildman–Crippen MR) is 79.2 cm³/mol. The summed E-state index contributed by atoms with van der Waals surface area (Å²) in [5.41, 5.74) is 2.55. The zero-order valence-electron chi connectivity index (χ0n) is 12.9. The zero-order chi connectivity index (χ0) is 16.3. The van der Waals surface area contributed by atoms with Gasteiger partial charge >= 0.3 is 0 Å². The first kappa shape index (κ1) is 16.1. The van der Waals surface area contributed by atoms with Crippen molar-refractivity contribution < 1.29 is 13.6 Å². The van der Waals surface area contributed by atoms with Crippen molar-refractivity contribution in [1.82, 2.24) is 15.1 Å². The summed E-state index contributed by atoms with van der Waals surface area (Å²) in [7, 11) is 1.84. The first-order valence-corrected chi connectivity index (χ1v) is 7.10. The number of aromatic nitrogens is 2. The molecular formula is C16H19F2N3O. The molecule has 0 saturated carbocycles. The molecule has 1 atom stereocenters. The van der Waals surface area contributed by atoms with Crippen LogP contribution >= 0.6 is 0 Å². The van der Waals surface area contributed by atoms with E-state index in [1.165, 1.54) is 6.07 Å². The molecule has 0 saturated heterocycles. The highest BCUT2D eigenvalue weighted by atomic mass is 19.2. The van der Waals surface area contributed by atoms with Crippen LogP contribution in [0.25, 0.3) is 0 Å². The van der Waals surface area contributed by atoms with E-state index in [-0.39, 0.29) is 18.4 Å². The van der Waals surface area contributed by atoms with Crippen molar-refractivity contribution in [3.63, 3.8) is 0 Å². The molecule has 0 aliphatic heterocycles. The van der Waals surface area contributed by atoms with Crippen LogP contribution in [0.1, 0.15) is 36.2 Å². The monoisotopic (exact) mass is 307 g/mol. The highest BCUT2D eigenvalue weighted by Crippen LogP contribution is 2.16. The Hall–Kier alpha value is -2.24. The van der Waals surface area contributed by atoms with E-state index in [0.717, 1.165) is 23.4 Å². The second-order valence-electron chi connectivity index (χ2n) is 5.35. The fraction of sp³-hybridized carbons (Fsp3) is 0.375. The molecule has 1 aromatic carbocycles. The molecule has 1 heterocycles. The van der Waals surface area contributed by atoms with Gasteiger partial charge in [-0.25, -0.2) is 8.78 Å². The summed E-state index contributed by atoms with van der Waals surface area (Å²) < 4.78 is 27.7. The van der Waals surface area contributed by atoms with E-state index in [0.29, 0.717) is 12.0 Å². The second kappa shape index (κ2) is 6.68. The Balaban J connectivity index is 1.90. The van der Waals surface area contributed by atoms with Crippen molar-refractivity contribution >= 4 is 5.91 Å². The third-order valence-corrected chi connectivity index (χ3v) is 3.74. The minimum atomic E-state index is -0.891. The summed E-state index contributed by atoms with van der Waals surface area (Å²) in [4.78, 5) is 12.0. The van der Waals surface area contributed by atoms with Crippen LogP contribution in [0.5, 0.6) is 0 Å². The Kier molecular flexibility index (Phi) is 4.90. The number of halogens is 2. The van der Waals surface area contributed by atoms with Crippen LogP contribution < -0.4 is 5.32 Å². The smallest absolute Gasteiger partial charge is 0.220 e. The average Bonchev–Trinajstić information content (AvgIpc) is 2.80. The summed E-state index contributed by atoms with van der Waals surface area (Å²) >= 11 is 0. The van der Waals surface area contributed by atoms with Gasteiger partial charge in [0.15, 0.2) is 11.6 Å². The number of benzene rings is 1. The highest BCUT2D eigenvalue weighted by Gasteiger charge is 2.14. The summed E-state index contributed by atoms with van der Waals surface area (Å²) in [6.45, 7) is 3.83. The fourth-order valence-corrected chi connectivity index (χ4v) is 2.29. The van der Waals surface area contributed by atoms with Gasteiger partial charge in [0.1, 0.15) is 0 Å². The molecule has 1 aromatic heterocycles. The minimum absolute atomic E-state index is 0.138. The van der Waals surface area contributed by atoms with Gasteiger partial charge in [-0.05, 0) is 38.0 Å². The van der Waals surface area contributed by atoms with Crippen molar-refractivity contribution in [3.8, 4) is 0 Å². The van der Waals surface area contributed by atoms with Gasteiger partial charge in [0.2, 0.25) is 5.91 Å². The Bertz CT molecular complexity index is 682. The van der Waals surface area contributed by atoms with Crippen molar-refractivity contribution in [1.29, 1.82) is 0 Å². The number of nitrogens with zero attached hydrogens (tertiary/aromatic N) is 2. The lowest BCUT2D eigenvalue weighted by Gasteiger charge is -2.13. The summed E-state index contributed by atoms with van der Waals surface area (Å²) in [6, 6.07) is 3.54. The number of nitrogens with one attached hydrogen (secondary N) is 1. The van der Waals surface area contributed by atoms with Crippen LogP contribution in [-0.4, -0.2) is 15.7 Å². The van der Waals surface area contributed by atoms with Crippen molar-refractivity contribution in [2.24, 2.45) is 7.05 Å². The fourth-order valence-electron chi connectivity index (χ4n) is 2.29. The standard InChI is InChI=1S/C16H19F2N3O/c1-10(13-9-19-21(3)11(13)2)20-16(22)7-5-12-4-6-14(17)15(18)8-12/h4,6,8-10H,5,7H2,1-3H3,(H,20,22)/t10-/m0/s1. The van der Waals surface area contributed by atoms with Gasteiger partial charge < -0.3 is 5.32 Å². The molecule has 0 spiro atoms. The number of carbonyl (C=O) groups excluding carboxylic acids is 1. The molecule has 0 fully saturated rings. The predicted octanol–water partition coefficient (Wildman–Crippen LogP) is 2.82. The van der Waals surface area contributed by atoms with Crippen molar-refractivity contribution in [3.05, 3.63) is 52.9 Å². The lowest BCUT2D eigenvalue weighted by atomic mass is 10.1. The molecule has 0 radical (unpaired) electrons. The molecule has 118 valence electrons. The molecule has 1 amide bonds. The van der Waals surface area contributed by atoms with E-state index in [4.69, 9.17) is 0 Å². The van der Waals surface area contributed by atoms with Crippen molar-refractivity contribution in [2.75, 3.05) is 0 Å². The van der Waals surface area contributed by atoms with Gasteiger partial charge in [-0.1, -0.05) is 6.07 Å². The summed E-state index contributed by atoms with van der Waals surface area (Å²) in [6.07, 6.45) is 2.31. The number of aryl methyl sites for hydroxylation is 2. The molecule has 22 heavy (non-hydrogen) atoms. The molecule has 2 rings (SSSR count). The van der Waals surface area contributed by atoms with E-state index in [9.17, 15) is 13.6 Å². The first-order chi connectivity index (χ1) is 10.4. The largest absolute Gasteiger partial charge is 0.349 e. The maximum absolute atomic E-state index is 13.1. The Morgan fingerprint density at radius 3 is 2.68 bits per heavy atom. The molecular weight excluding hydrogens is 288 g/mol. The number of amides is 1. The normalized spacial score (nSPS) is 12.2. The number of carbonyl (C=O) groups is 1. The Labute approximate surface area is 128 Å². The average molecular weight is 307 g/mol. The van der Waals surface area contributed by atoms with Crippen LogP contribution in [-0.2, 0) is 18.3 Å². The van der Waals surface area contributed by atoms with Crippen LogP contribution in [0.15, 0.2) is 24.4 Å². The highest BCUT2D eigenvalue weighted by molar-refractivity contribution is 5.76. The molecule has 2 aromatic rings. The third kappa shape index (κ3) is 3.69. The van der Waals surface area contributed by atoms with Crippen LogP contribution in [0.2, 0.25) is 0 Å². The van der Waals surface area contributed by atoms with Gasteiger partial charge in [0.25, 0.3) is 0 Å². The maximum Gasteiger partial charge on any atom is 0.220 e. The van der Waals surface area contributed by atoms with Gasteiger partial charge in [0, 0.05) is 24.7 Å². The Morgan fingerprint density at radius 1 is 1.36 bits per heavy atom. The zero-order valence-corrected chi connectivity index (χ0v) is 12.9. The molecule has 0 bridgehead atoms.